The lowest BCUT2D eigenvalue weighted by Gasteiger charge is -2.39. The zero-order valence-electron chi connectivity index (χ0n) is 9.39. The Balaban J connectivity index is 2.12. The first-order valence-corrected chi connectivity index (χ1v) is 7.67. The van der Waals surface area contributed by atoms with Crippen LogP contribution in [0.1, 0.15) is 36.5 Å². The normalized spacial score (nSPS) is 18.5. The number of carbonyl (C=O) groups is 1. The van der Waals surface area contributed by atoms with Crippen molar-refractivity contribution in [3.8, 4) is 0 Å². The summed E-state index contributed by atoms with van der Waals surface area (Å²) >= 11 is 0.963. The van der Waals surface area contributed by atoms with Crippen LogP contribution in [0.15, 0.2) is 15.7 Å². The van der Waals surface area contributed by atoms with E-state index < -0.39 is 10.0 Å². The zero-order chi connectivity index (χ0) is 12.7. The summed E-state index contributed by atoms with van der Waals surface area (Å²) in [5.74, 6) is -0.238. The van der Waals surface area contributed by atoms with Crippen LogP contribution in [0.5, 0.6) is 0 Å². The van der Waals surface area contributed by atoms with Crippen LogP contribution in [0.25, 0.3) is 0 Å². The molecule has 1 aromatic rings. The smallest absolute Gasteiger partial charge is 0.252 e. The third kappa shape index (κ3) is 2.67. The number of nitrogens with one attached hydrogen (secondary N) is 1. The first-order valence-electron chi connectivity index (χ1n) is 5.24. The lowest BCUT2D eigenvalue weighted by atomic mass is 9.78. The van der Waals surface area contributed by atoms with Gasteiger partial charge in [0.15, 0.2) is 0 Å². The fourth-order valence-electron chi connectivity index (χ4n) is 1.76. The van der Waals surface area contributed by atoms with E-state index in [2.05, 4.69) is 5.32 Å². The van der Waals surface area contributed by atoms with Crippen LogP contribution in [0, 0.1) is 0 Å². The third-order valence-corrected chi connectivity index (χ3v) is 5.38. The molecule has 1 heterocycles. The van der Waals surface area contributed by atoms with Crippen LogP contribution in [-0.2, 0) is 10.0 Å². The van der Waals surface area contributed by atoms with E-state index >= 15 is 0 Å². The van der Waals surface area contributed by atoms with E-state index in [0.29, 0.717) is 5.56 Å². The molecule has 3 N–H and O–H groups in total. The standard InChI is InChI=1S/C10H14N2O3S2/c1-10(3-2-4-10)12-9(13)7-5-8(16-6-7)17(11,14)15/h5-6H,2-4H2,1H3,(H,12,13)(H2,11,14,15). The quantitative estimate of drug-likeness (QED) is 0.864. The Morgan fingerprint density at radius 2 is 2.18 bits per heavy atom. The van der Waals surface area contributed by atoms with Crippen LogP contribution in [0.4, 0.5) is 0 Å². The van der Waals surface area contributed by atoms with Crippen molar-refractivity contribution >= 4 is 27.3 Å². The molecule has 94 valence electrons. The lowest BCUT2D eigenvalue weighted by Crippen LogP contribution is -2.50. The molecule has 5 nitrogen and oxygen atoms in total. The van der Waals surface area contributed by atoms with E-state index in [1.54, 1.807) is 0 Å². The molecule has 1 saturated carbocycles. The van der Waals surface area contributed by atoms with Crippen molar-refractivity contribution in [2.24, 2.45) is 5.14 Å². The van der Waals surface area contributed by atoms with Gasteiger partial charge in [0.1, 0.15) is 4.21 Å². The van der Waals surface area contributed by atoms with Gasteiger partial charge in [-0.15, -0.1) is 11.3 Å². The average Bonchev–Trinajstić information content (AvgIpc) is 2.63. The number of hydrogen-bond acceptors (Lipinski definition) is 4. The number of hydrogen-bond donors (Lipinski definition) is 2. The van der Waals surface area contributed by atoms with Crippen molar-refractivity contribution in [1.82, 2.24) is 5.32 Å². The van der Waals surface area contributed by atoms with E-state index in [4.69, 9.17) is 5.14 Å². The molecular weight excluding hydrogens is 260 g/mol. The number of thiophene rings is 1. The zero-order valence-corrected chi connectivity index (χ0v) is 11.0. The Morgan fingerprint density at radius 3 is 2.59 bits per heavy atom. The molecule has 0 radical (unpaired) electrons. The summed E-state index contributed by atoms with van der Waals surface area (Å²) in [6.45, 7) is 1.99. The predicted molar refractivity (Wildman–Crippen MR) is 65.4 cm³/mol. The fourth-order valence-corrected chi connectivity index (χ4v) is 3.35. The van der Waals surface area contributed by atoms with Crippen LogP contribution in [-0.4, -0.2) is 19.9 Å². The molecule has 0 aromatic carbocycles. The SMILES string of the molecule is CC1(NC(=O)c2csc(S(N)(=O)=O)c2)CCC1. The maximum Gasteiger partial charge on any atom is 0.252 e. The highest BCUT2D eigenvalue weighted by molar-refractivity contribution is 7.91. The minimum Gasteiger partial charge on any atom is -0.347 e. The summed E-state index contributed by atoms with van der Waals surface area (Å²) in [4.78, 5) is 11.9. The van der Waals surface area contributed by atoms with E-state index in [0.717, 1.165) is 30.6 Å². The van der Waals surface area contributed by atoms with Gasteiger partial charge < -0.3 is 5.32 Å². The summed E-state index contributed by atoms with van der Waals surface area (Å²) in [7, 11) is -3.71. The summed E-state index contributed by atoms with van der Waals surface area (Å²) in [6.07, 6.45) is 3.04. The molecule has 0 atom stereocenters. The first-order chi connectivity index (χ1) is 7.80. The molecular formula is C10H14N2O3S2. The number of nitrogens with two attached hydrogens (primary N) is 1. The van der Waals surface area contributed by atoms with E-state index in [1.165, 1.54) is 11.4 Å². The number of sulfonamides is 1. The van der Waals surface area contributed by atoms with Gasteiger partial charge in [-0.2, -0.15) is 0 Å². The van der Waals surface area contributed by atoms with Crippen LogP contribution in [0.3, 0.4) is 0 Å². The Morgan fingerprint density at radius 1 is 1.53 bits per heavy atom. The number of rotatable bonds is 3. The highest BCUT2D eigenvalue weighted by atomic mass is 32.2. The molecule has 0 spiro atoms. The molecule has 0 aliphatic heterocycles. The molecule has 0 bridgehead atoms. The van der Waals surface area contributed by atoms with Gasteiger partial charge in [0.2, 0.25) is 10.0 Å². The molecule has 1 amide bonds. The molecule has 17 heavy (non-hydrogen) atoms. The van der Waals surface area contributed by atoms with E-state index in [9.17, 15) is 13.2 Å². The van der Waals surface area contributed by atoms with Crippen LogP contribution < -0.4 is 10.5 Å². The minimum atomic E-state index is -3.71. The van der Waals surface area contributed by atoms with E-state index in [-0.39, 0.29) is 15.7 Å². The van der Waals surface area contributed by atoms with Crippen molar-refractivity contribution in [2.75, 3.05) is 0 Å². The first kappa shape index (κ1) is 12.5. The minimum absolute atomic E-state index is 0.0152. The average molecular weight is 274 g/mol. The monoisotopic (exact) mass is 274 g/mol. The Bertz CT molecular complexity index is 544. The van der Waals surface area contributed by atoms with Gasteiger partial charge in [-0.25, -0.2) is 13.6 Å². The molecule has 0 saturated heterocycles. The van der Waals surface area contributed by atoms with Crippen molar-refractivity contribution in [2.45, 2.75) is 35.9 Å². The van der Waals surface area contributed by atoms with Gasteiger partial charge in [0.25, 0.3) is 5.91 Å². The molecule has 2 rings (SSSR count). The van der Waals surface area contributed by atoms with Crippen molar-refractivity contribution in [1.29, 1.82) is 0 Å². The van der Waals surface area contributed by atoms with Crippen molar-refractivity contribution in [3.63, 3.8) is 0 Å². The largest absolute Gasteiger partial charge is 0.347 e. The predicted octanol–water partition coefficient (Wildman–Crippen LogP) is 1.07. The van der Waals surface area contributed by atoms with Crippen molar-refractivity contribution in [3.05, 3.63) is 17.0 Å². The second-order valence-electron chi connectivity index (χ2n) is 4.57. The Hall–Kier alpha value is -0.920. The van der Waals surface area contributed by atoms with Gasteiger partial charge in [-0.3, -0.25) is 4.79 Å². The molecule has 1 aromatic heterocycles. The lowest BCUT2D eigenvalue weighted by molar-refractivity contribution is 0.0851. The summed E-state index contributed by atoms with van der Waals surface area (Å²) in [6, 6.07) is 1.32. The van der Waals surface area contributed by atoms with Gasteiger partial charge in [-0.1, -0.05) is 0 Å². The van der Waals surface area contributed by atoms with E-state index in [1.807, 2.05) is 6.92 Å². The van der Waals surface area contributed by atoms with Crippen LogP contribution >= 0.6 is 11.3 Å². The highest BCUT2D eigenvalue weighted by Gasteiger charge is 2.33. The Kier molecular flexibility index (Phi) is 3.01. The molecule has 7 heteroatoms. The molecule has 1 fully saturated rings. The number of amides is 1. The maximum absolute atomic E-state index is 11.9. The van der Waals surface area contributed by atoms with Gasteiger partial charge >= 0.3 is 0 Å². The van der Waals surface area contributed by atoms with Gasteiger partial charge in [-0.05, 0) is 32.3 Å². The Labute approximate surface area is 104 Å². The second kappa shape index (κ2) is 4.08. The van der Waals surface area contributed by atoms with Crippen molar-refractivity contribution < 1.29 is 13.2 Å². The number of primary sulfonamides is 1. The van der Waals surface area contributed by atoms with Crippen LogP contribution in [0.2, 0.25) is 0 Å². The topological polar surface area (TPSA) is 89.3 Å². The second-order valence-corrected chi connectivity index (χ2v) is 7.27. The molecule has 1 aliphatic carbocycles. The number of carbonyl (C=O) groups excluding carboxylic acids is 1. The summed E-state index contributed by atoms with van der Waals surface area (Å²) < 4.78 is 22.2. The maximum atomic E-state index is 11.9. The third-order valence-electron chi connectivity index (χ3n) is 2.99. The van der Waals surface area contributed by atoms with Gasteiger partial charge in [0, 0.05) is 10.9 Å². The molecule has 1 aliphatic rings. The summed E-state index contributed by atoms with van der Waals surface area (Å²) in [5, 5.41) is 9.40. The highest BCUT2D eigenvalue weighted by Crippen LogP contribution is 2.31. The summed E-state index contributed by atoms with van der Waals surface area (Å²) in [5.41, 5.74) is 0.216. The fraction of sp³-hybridized carbons (Fsp3) is 0.500. The van der Waals surface area contributed by atoms with Gasteiger partial charge in [0.05, 0.1) is 5.56 Å². The molecule has 0 unspecified atom stereocenters.